The summed E-state index contributed by atoms with van der Waals surface area (Å²) >= 11 is 0. The first-order chi connectivity index (χ1) is 11.0. The molecule has 2 heterocycles. The molecule has 1 fully saturated rings. The first-order valence-corrected chi connectivity index (χ1v) is 7.68. The van der Waals surface area contributed by atoms with Gasteiger partial charge in [-0.05, 0) is 31.9 Å². The van der Waals surface area contributed by atoms with Crippen molar-refractivity contribution >= 4 is 5.91 Å². The number of hydrogen-bond acceptors (Lipinski definition) is 5. The van der Waals surface area contributed by atoms with Crippen LogP contribution in [0.25, 0.3) is 11.4 Å². The highest BCUT2D eigenvalue weighted by Crippen LogP contribution is 2.28. The predicted octanol–water partition coefficient (Wildman–Crippen LogP) is 1.93. The zero-order valence-corrected chi connectivity index (χ0v) is 12.9. The van der Waals surface area contributed by atoms with E-state index in [0.29, 0.717) is 30.4 Å². The zero-order valence-electron chi connectivity index (χ0n) is 12.9. The number of nitrogens with zero attached hydrogens (tertiary/aromatic N) is 3. The Morgan fingerprint density at radius 1 is 1.52 bits per heavy atom. The topological polar surface area (TPSA) is 85.3 Å². The normalized spacial score (nSPS) is 19.6. The second kappa shape index (κ2) is 6.45. The number of halogens is 1. The van der Waals surface area contributed by atoms with Gasteiger partial charge in [0.15, 0.2) is 0 Å². The highest BCUT2D eigenvalue weighted by molar-refractivity contribution is 5.81. The number of aromatic nitrogens is 2. The average Bonchev–Trinajstić information content (AvgIpc) is 3.04. The third-order valence-corrected chi connectivity index (χ3v) is 4.00. The number of rotatable bonds is 3. The number of amides is 1. The minimum atomic E-state index is -0.515. The van der Waals surface area contributed by atoms with Crippen molar-refractivity contribution in [3.8, 4) is 11.4 Å². The third kappa shape index (κ3) is 3.39. The van der Waals surface area contributed by atoms with Gasteiger partial charge in [0.05, 0.1) is 12.0 Å². The number of nitrogens with two attached hydrogens (primary N) is 1. The molecule has 1 unspecified atom stereocenters. The van der Waals surface area contributed by atoms with Gasteiger partial charge in [-0.1, -0.05) is 17.3 Å². The number of benzene rings is 1. The second-order valence-electron chi connectivity index (χ2n) is 5.88. The molecule has 23 heavy (non-hydrogen) atoms. The summed E-state index contributed by atoms with van der Waals surface area (Å²) in [4.78, 5) is 18.1. The SMILES string of the molecule is C[C@@H](N)C(=O)N1CCCC(c2nc(-c3cccc(F)c3)no2)C1. The van der Waals surface area contributed by atoms with Crippen molar-refractivity contribution in [2.45, 2.75) is 31.7 Å². The molecule has 1 saturated heterocycles. The van der Waals surface area contributed by atoms with Gasteiger partial charge in [0, 0.05) is 18.7 Å². The number of piperidine rings is 1. The molecule has 1 aliphatic rings. The number of hydrogen-bond donors (Lipinski definition) is 1. The number of carbonyl (C=O) groups excluding carboxylic acids is 1. The Kier molecular flexibility index (Phi) is 4.38. The van der Waals surface area contributed by atoms with Gasteiger partial charge in [0.2, 0.25) is 17.6 Å². The lowest BCUT2D eigenvalue weighted by molar-refractivity contribution is -0.133. The molecule has 0 aliphatic carbocycles. The number of likely N-dealkylation sites (tertiary alicyclic amines) is 1. The van der Waals surface area contributed by atoms with E-state index in [0.717, 1.165) is 12.8 Å². The Morgan fingerprint density at radius 2 is 2.35 bits per heavy atom. The fourth-order valence-electron chi connectivity index (χ4n) is 2.81. The maximum atomic E-state index is 13.3. The molecule has 2 atom stereocenters. The summed E-state index contributed by atoms with van der Waals surface area (Å²) in [6.45, 7) is 2.90. The van der Waals surface area contributed by atoms with E-state index in [-0.39, 0.29) is 17.6 Å². The van der Waals surface area contributed by atoms with Gasteiger partial charge in [0.25, 0.3) is 0 Å². The molecular formula is C16H19FN4O2. The summed E-state index contributed by atoms with van der Waals surface area (Å²) < 4.78 is 18.6. The van der Waals surface area contributed by atoms with Crippen LogP contribution in [0, 0.1) is 5.82 Å². The van der Waals surface area contributed by atoms with Gasteiger partial charge >= 0.3 is 0 Å². The molecular weight excluding hydrogens is 299 g/mol. The van der Waals surface area contributed by atoms with Crippen LogP contribution in [-0.2, 0) is 4.79 Å². The van der Waals surface area contributed by atoms with Gasteiger partial charge in [0.1, 0.15) is 5.82 Å². The van der Waals surface area contributed by atoms with Crippen molar-refractivity contribution in [3.05, 3.63) is 36.0 Å². The van der Waals surface area contributed by atoms with Crippen molar-refractivity contribution < 1.29 is 13.7 Å². The molecule has 1 aromatic heterocycles. The van der Waals surface area contributed by atoms with E-state index in [2.05, 4.69) is 10.1 Å². The van der Waals surface area contributed by atoms with E-state index < -0.39 is 6.04 Å². The molecule has 0 bridgehead atoms. The fraction of sp³-hybridized carbons (Fsp3) is 0.438. The monoisotopic (exact) mass is 318 g/mol. The summed E-state index contributed by atoms with van der Waals surface area (Å²) in [5, 5.41) is 3.93. The molecule has 6 nitrogen and oxygen atoms in total. The molecule has 3 rings (SSSR count). The third-order valence-electron chi connectivity index (χ3n) is 4.00. The van der Waals surface area contributed by atoms with Crippen LogP contribution in [0.1, 0.15) is 31.6 Å². The van der Waals surface area contributed by atoms with Gasteiger partial charge in [-0.3, -0.25) is 4.79 Å². The van der Waals surface area contributed by atoms with Crippen LogP contribution in [0.5, 0.6) is 0 Å². The highest BCUT2D eigenvalue weighted by atomic mass is 19.1. The van der Waals surface area contributed by atoms with E-state index >= 15 is 0 Å². The maximum Gasteiger partial charge on any atom is 0.239 e. The summed E-state index contributed by atoms with van der Waals surface area (Å²) in [5.74, 6) is 0.405. The van der Waals surface area contributed by atoms with Crippen LogP contribution in [0.15, 0.2) is 28.8 Å². The zero-order chi connectivity index (χ0) is 16.4. The van der Waals surface area contributed by atoms with Crippen molar-refractivity contribution in [1.82, 2.24) is 15.0 Å². The quantitative estimate of drug-likeness (QED) is 0.934. The molecule has 0 radical (unpaired) electrons. The summed E-state index contributed by atoms with van der Waals surface area (Å²) in [7, 11) is 0. The molecule has 0 saturated carbocycles. The van der Waals surface area contributed by atoms with Crippen LogP contribution in [0.4, 0.5) is 4.39 Å². The Labute approximate surface area is 133 Å². The first-order valence-electron chi connectivity index (χ1n) is 7.68. The number of carbonyl (C=O) groups is 1. The molecule has 122 valence electrons. The molecule has 1 amide bonds. The Hall–Kier alpha value is -2.28. The smallest absolute Gasteiger partial charge is 0.239 e. The lowest BCUT2D eigenvalue weighted by Gasteiger charge is -2.32. The van der Waals surface area contributed by atoms with Gasteiger partial charge in [-0.15, -0.1) is 0 Å². The average molecular weight is 318 g/mol. The molecule has 1 aliphatic heterocycles. The molecule has 7 heteroatoms. The van der Waals surface area contributed by atoms with E-state index in [1.54, 1.807) is 24.0 Å². The summed E-state index contributed by atoms with van der Waals surface area (Å²) in [6, 6.07) is 5.54. The second-order valence-corrected chi connectivity index (χ2v) is 5.88. The largest absolute Gasteiger partial charge is 0.341 e. The van der Waals surface area contributed by atoms with E-state index in [4.69, 9.17) is 10.3 Å². The first kappa shape index (κ1) is 15.6. The van der Waals surface area contributed by atoms with Crippen LogP contribution in [0.3, 0.4) is 0 Å². The fourth-order valence-corrected chi connectivity index (χ4v) is 2.81. The lowest BCUT2D eigenvalue weighted by Crippen LogP contribution is -2.46. The molecule has 1 aromatic carbocycles. The minimum absolute atomic E-state index is 0.0127. The molecule has 0 spiro atoms. The van der Waals surface area contributed by atoms with E-state index in [1.165, 1.54) is 12.1 Å². The van der Waals surface area contributed by atoms with Crippen molar-refractivity contribution in [3.63, 3.8) is 0 Å². The van der Waals surface area contributed by atoms with Gasteiger partial charge < -0.3 is 15.2 Å². The van der Waals surface area contributed by atoms with E-state index in [1.807, 2.05) is 0 Å². The molecule has 2 N–H and O–H groups in total. The predicted molar refractivity (Wildman–Crippen MR) is 81.9 cm³/mol. The Balaban J connectivity index is 1.76. The lowest BCUT2D eigenvalue weighted by atomic mass is 9.97. The van der Waals surface area contributed by atoms with Crippen LogP contribution in [0.2, 0.25) is 0 Å². The van der Waals surface area contributed by atoms with Gasteiger partial charge in [-0.2, -0.15) is 4.98 Å². The molecule has 2 aromatic rings. The van der Waals surface area contributed by atoms with Crippen molar-refractivity contribution in [2.24, 2.45) is 5.73 Å². The minimum Gasteiger partial charge on any atom is -0.341 e. The van der Waals surface area contributed by atoms with Crippen LogP contribution < -0.4 is 5.73 Å². The van der Waals surface area contributed by atoms with Crippen molar-refractivity contribution in [2.75, 3.05) is 13.1 Å². The van der Waals surface area contributed by atoms with Gasteiger partial charge in [-0.25, -0.2) is 4.39 Å². The standard InChI is InChI=1S/C16H19FN4O2/c1-10(18)16(22)21-7-3-5-12(9-21)15-19-14(20-23-15)11-4-2-6-13(17)8-11/h2,4,6,8,10,12H,3,5,7,9,18H2,1H3/t10-,12?/m1/s1. The van der Waals surface area contributed by atoms with Crippen LogP contribution >= 0.6 is 0 Å². The maximum absolute atomic E-state index is 13.3. The Bertz CT molecular complexity index is 701. The van der Waals surface area contributed by atoms with Crippen molar-refractivity contribution in [1.29, 1.82) is 0 Å². The summed E-state index contributed by atoms with van der Waals surface area (Å²) in [5.41, 5.74) is 6.24. The van der Waals surface area contributed by atoms with E-state index in [9.17, 15) is 9.18 Å². The highest BCUT2D eigenvalue weighted by Gasteiger charge is 2.29. The van der Waals surface area contributed by atoms with Crippen LogP contribution in [-0.4, -0.2) is 40.1 Å². The Morgan fingerprint density at radius 3 is 3.09 bits per heavy atom. The summed E-state index contributed by atoms with van der Waals surface area (Å²) in [6.07, 6.45) is 1.73.